The van der Waals surface area contributed by atoms with Crippen LogP contribution in [0.1, 0.15) is 0 Å². The van der Waals surface area contributed by atoms with E-state index in [2.05, 4.69) is 20.2 Å². The topological polar surface area (TPSA) is 95.6 Å². The van der Waals surface area contributed by atoms with E-state index >= 15 is 0 Å². The van der Waals surface area contributed by atoms with E-state index in [1.807, 2.05) is 0 Å². The predicted octanol–water partition coefficient (Wildman–Crippen LogP) is 1.11. The zero-order valence-corrected chi connectivity index (χ0v) is 9.61. The number of aromatic nitrogens is 5. The van der Waals surface area contributed by atoms with Crippen LogP contribution in [-0.2, 0) is 7.05 Å². The van der Waals surface area contributed by atoms with Gasteiger partial charge in [0, 0.05) is 25.0 Å². The molecule has 90 valence electrons. The quantitative estimate of drug-likeness (QED) is 0.723. The average Bonchev–Trinajstić information content (AvgIpc) is 3.00. The molecule has 0 amide bonds. The average molecular weight is 242 g/mol. The van der Waals surface area contributed by atoms with E-state index in [1.54, 1.807) is 42.5 Å². The molecule has 0 spiro atoms. The smallest absolute Gasteiger partial charge is 0.263 e. The van der Waals surface area contributed by atoms with Gasteiger partial charge >= 0.3 is 0 Å². The first-order valence-electron chi connectivity index (χ1n) is 5.27. The van der Waals surface area contributed by atoms with Crippen molar-refractivity contribution in [2.45, 2.75) is 0 Å². The molecule has 2 N–H and O–H groups in total. The van der Waals surface area contributed by atoms with Gasteiger partial charge in [-0.3, -0.25) is 9.67 Å². The van der Waals surface area contributed by atoms with Crippen molar-refractivity contribution in [2.24, 2.45) is 7.05 Å². The maximum absolute atomic E-state index is 5.85. The highest BCUT2D eigenvalue weighted by Crippen LogP contribution is 2.25. The normalized spacial score (nSPS) is 10.7. The Hall–Kier alpha value is -2.70. The van der Waals surface area contributed by atoms with Crippen LogP contribution in [0.25, 0.3) is 22.8 Å². The number of anilines is 1. The molecule has 7 nitrogen and oxygen atoms in total. The Morgan fingerprint density at radius 3 is 2.72 bits per heavy atom. The highest BCUT2D eigenvalue weighted by Gasteiger charge is 2.15. The van der Waals surface area contributed by atoms with Crippen LogP contribution in [-0.4, -0.2) is 24.9 Å². The van der Waals surface area contributed by atoms with Gasteiger partial charge in [0.1, 0.15) is 11.4 Å². The van der Waals surface area contributed by atoms with Gasteiger partial charge in [0.25, 0.3) is 5.89 Å². The lowest BCUT2D eigenvalue weighted by atomic mass is 10.2. The van der Waals surface area contributed by atoms with Crippen molar-refractivity contribution in [1.82, 2.24) is 24.9 Å². The molecular formula is C11H10N6O. The Morgan fingerprint density at radius 2 is 2.06 bits per heavy atom. The summed E-state index contributed by atoms with van der Waals surface area (Å²) in [4.78, 5) is 8.22. The van der Waals surface area contributed by atoms with Crippen molar-refractivity contribution < 1.29 is 4.52 Å². The molecule has 0 saturated carbocycles. The number of nitrogens with two attached hydrogens (primary N) is 1. The van der Waals surface area contributed by atoms with Gasteiger partial charge in [-0.1, -0.05) is 5.16 Å². The molecule has 3 aromatic heterocycles. The molecule has 18 heavy (non-hydrogen) atoms. The van der Waals surface area contributed by atoms with Crippen LogP contribution in [0.4, 0.5) is 5.82 Å². The van der Waals surface area contributed by atoms with Crippen molar-refractivity contribution in [3.63, 3.8) is 0 Å². The van der Waals surface area contributed by atoms with Crippen molar-refractivity contribution >= 4 is 5.82 Å². The van der Waals surface area contributed by atoms with Crippen LogP contribution in [0.5, 0.6) is 0 Å². The third-order valence-electron chi connectivity index (χ3n) is 2.58. The molecular weight excluding hydrogens is 232 g/mol. The van der Waals surface area contributed by atoms with Crippen LogP contribution in [0.15, 0.2) is 35.2 Å². The number of aryl methyl sites for hydroxylation is 1. The minimum absolute atomic E-state index is 0.354. The van der Waals surface area contributed by atoms with Crippen LogP contribution in [0, 0.1) is 0 Å². The Kier molecular flexibility index (Phi) is 2.30. The monoisotopic (exact) mass is 242 g/mol. The number of nitrogen functional groups attached to an aromatic ring is 1. The lowest BCUT2D eigenvalue weighted by Crippen LogP contribution is -1.98. The summed E-state index contributed by atoms with van der Waals surface area (Å²) >= 11 is 0. The molecule has 0 aliphatic heterocycles. The van der Waals surface area contributed by atoms with E-state index in [0.29, 0.717) is 23.1 Å². The van der Waals surface area contributed by atoms with Crippen LogP contribution in [0.2, 0.25) is 0 Å². The summed E-state index contributed by atoms with van der Waals surface area (Å²) in [5.74, 6) is 1.34. The second-order valence-electron chi connectivity index (χ2n) is 3.73. The van der Waals surface area contributed by atoms with Gasteiger partial charge in [-0.15, -0.1) is 0 Å². The van der Waals surface area contributed by atoms with E-state index in [4.69, 9.17) is 10.3 Å². The molecule has 0 aliphatic carbocycles. The zero-order chi connectivity index (χ0) is 12.5. The summed E-state index contributed by atoms with van der Waals surface area (Å²) in [5, 5.41) is 7.94. The zero-order valence-electron chi connectivity index (χ0n) is 9.61. The fourth-order valence-electron chi connectivity index (χ4n) is 1.56. The van der Waals surface area contributed by atoms with E-state index < -0.39 is 0 Å². The largest absolute Gasteiger partial charge is 0.383 e. The lowest BCUT2D eigenvalue weighted by molar-refractivity contribution is 0.432. The molecule has 0 radical (unpaired) electrons. The molecule has 3 aromatic rings. The molecule has 3 heterocycles. The summed E-state index contributed by atoms with van der Waals surface area (Å²) in [6, 6.07) is 3.61. The second-order valence-corrected chi connectivity index (χ2v) is 3.73. The van der Waals surface area contributed by atoms with E-state index in [-0.39, 0.29) is 0 Å². The van der Waals surface area contributed by atoms with Gasteiger partial charge < -0.3 is 10.3 Å². The Bertz CT molecular complexity index is 672. The van der Waals surface area contributed by atoms with Gasteiger partial charge in [0.2, 0.25) is 5.82 Å². The molecule has 0 unspecified atom stereocenters. The van der Waals surface area contributed by atoms with Crippen molar-refractivity contribution in [2.75, 3.05) is 5.73 Å². The molecule has 0 bridgehead atoms. The summed E-state index contributed by atoms with van der Waals surface area (Å²) in [5.41, 5.74) is 7.31. The number of nitrogens with zero attached hydrogens (tertiary/aromatic N) is 5. The van der Waals surface area contributed by atoms with Gasteiger partial charge in [-0.25, -0.2) is 0 Å². The number of hydrogen-bond acceptors (Lipinski definition) is 6. The Labute approximate surface area is 102 Å². The Balaban J connectivity index is 2.02. The number of hydrogen-bond donors (Lipinski definition) is 1. The van der Waals surface area contributed by atoms with E-state index in [1.165, 1.54) is 0 Å². The second kappa shape index (κ2) is 3.95. The molecule has 0 fully saturated rings. The lowest BCUT2D eigenvalue weighted by Gasteiger charge is -1.93. The summed E-state index contributed by atoms with van der Waals surface area (Å²) in [6.45, 7) is 0. The fourth-order valence-corrected chi connectivity index (χ4v) is 1.56. The maximum Gasteiger partial charge on any atom is 0.263 e. The van der Waals surface area contributed by atoms with Crippen molar-refractivity contribution in [3.8, 4) is 22.8 Å². The van der Waals surface area contributed by atoms with Gasteiger partial charge in [-0.05, 0) is 12.1 Å². The first-order chi connectivity index (χ1) is 8.75. The van der Waals surface area contributed by atoms with Crippen LogP contribution in [0.3, 0.4) is 0 Å². The molecule has 0 aromatic carbocycles. The molecule has 7 heteroatoms. The maximum atomic E-state index is 5.85. The fraction of sp³-hybridized carbons (Fsp3) is 0.0909. The summed E-state index contributed by atoms with van der Waals surface area (Å²) in [7, 11) is 1.75. The van der Waals surface area contributed by atoms with Crippen molar-refractivity contribution in [1.29, 1.82) is 0 Å². The van der Waals surface area contributed by atoms with E-state index in [9.17, 15) is 0 Å². The third kappa shape index (κ3) is 1.61. The van der Waals surface area contributed by atoms with Gasteiger partial charge in [-0.2, -0.15) is 10.1 Å². The third-order valence-corrected chi connectivity index (χ3v) is 2.58. The predicted molar refractivity (Wildman–Crippen MR) is 64.1 cm³/mol. The van der Waals surface area contributed by atoms with E-state index in [0.717, 1.165) is 5.56 Å². The Morgan fingerprint density at radius 1 is 1.28 bits per heavy atom. The van der Waals surface area contributed by atoms with Gasteiger partial charge in [0.15, 0.2) is 0 Å². The minimum atomic E-state index is 0.354. The highest BCUT2D eigenvalue weighted by molar-refractivity contribution is 5.68. The highest BCUT2D eigenvalue weighted by atomic mass is 16.5. The molecule has 0 atom stereocenters. The van der Waals surface area contributed by atoms with Gasteiger partial charge in [0.05, 0.1) is 6.20 Å². The standard InChI is InChI=1S/C11H10N6O/c1-17-9(12)8(6-14-17)11-15-10(16-18-11)7-2-4-13-5-3-7/h2-6H,12H2,1H3. The van der Waals surface area contributed by atoms with Crippen LogP contribution < -0.4 is 5.73 Å². The minimum Gasteiger partial charge on any atom is -0.383 e. The first kappa shape index (κ1) is 10.5. The molecule has 0 saturated heterocycles. The first-order valence-corrected chi connectivity index (χ1v) is 5.27. The summed E-state index contributed by atoms with van der Waals surface area (Å²) < 4.78 is 6.73. The summed E-state index contributed by atoms with van der Waals surface area (Å²) in [6.07, 6.45) is 4.94. The number of pyridine rings is 1. The SMILES string of the molecule is Cn1ncc(-c2nc(-c3ccncc3)no2)c1N. The van der Waals surface area contributed by atoms with Crippen LogP contribution >= 0.6 is 0 Å². The molecule has 3 rings (SSSR count). The number of rotatable bonds is 2. The van der Waals surface area contributed by atoms with Crippen molar-refractivity contribution in [3.05, 3.63) is 30.7 Å². The molecule has 0 aliphatic rings.